The van der Waals surface area contributed by atoms with E-state index in [1.54, 1.807) is 0 Å². The summed E-state index contributed by atoms with van der Waals surface area (Å²) in [6, 6.07) is 45.4. The molecule has 6 aromatic carbocycles. The van der Waals surface area contributed by atoms with E-state index in [1.165, 1.54) is 0 Å². The Morgan fingerprint density at radius 2 is 1.27 bits per heavy atom. The van der Waals surface area contributed by atoms with Crippen LogP contribution in [0.2, 0.25) is 0 Å². The monoisotopic (exact) mass is 618 g/mol. The fourth-order valence-corrected chi connectivity index (χ4v) is 7.05. The van der Waals surface area contributed by atoms with Gasteiger partial charge in [0, 0.05) is 56.0 Å². The molecule has 0 spiro atoms. The Labute approximate surface area is 274 Å². The van der Waals surface area contributed by atoms with Crippen LogP contribution >= 0.6 is 0 Å². The van der Waals surface area contributed by atoms with Gasteiger partial charge in [-0.05, 0) is 52.9 Å². The van der Waals surface area contributed by atoms with Gasteiger partial charge in [-0.15, -0.1) is 0 Å². The zero-order chi connectivity index (χ0) is 31.6. The molecule has 10 rings (SSSR count). The molecule has 4 heterocycles. The number of benzene rings is 6. The highest BCUT2D eigenvalue weighted by molar-refractivity contribution is 6.20. The summed E-state index contributed by atoms with van der Waals surface area (Å²) in [5, 5.41) is 10.1. The predicted molar refractivity (Wildman–Crippen MR) is 194 cm³/mol. The van der Waals surface area contributed by atoms with Gasteiger partial charge in [0.1, 0.15) is 34.3 Å². The number of fused-ring (bicyclic) bond motifs is 7. The van der Waals surface area contributed by atoms with E-state index in [1.807, 2.05) is 73.1 Å². The van der Waals surface area contributed by atoms with Gasteiger partial charge in [0.05, 0.1) is 0 Å². The van der Waals surface area contributed by atoms with Crippen molar-refractivity contribution in [2.45, 2.75) is 6.17 Å². The quantitative estimate of drug-likeness (QED) is 0.213. The van der Waals surface area contributed by atoms with Crippen LogP contribution in [0, 0.1) is 0 Å². The molecule has 0 fully saturated rings. The second-order valence-electron chi connectivity index (χ2n) is 12.0. The van der Waals surface area contributed by atoms with E-state index >= 15 is 0 Å². The Hall–Kier alpha value is -6.53. The van der Waals surface area contributed by atoms with Crippen molar-refractivity contribution in [2.24, 2.45) is 9.98 Å². The first-order valence-corrected chi connectivity index (χ1v) is 16.0. The van der Waals surface area contributed by atoms with Crippen LogP contribution < -0.4 is 5.32 Å². The Balaban J connectivity index is 1.18. The molecule has 6 heteroatoms. The van der Waals surface area contributed by atoms with E-state index in [9.17, 15) is 0 Å². The second kappa shape index (κ2) is 10.5. The number of amidine groups is 2. The molecule has 0 bridgehead atoms. The molecule has 1 aliphatic heterocycles. The lowest BCUT2D eigenvalue weighted by molar-refractivity contribution is 0.662. The Morgan fingerprint density at radius 3 is 2.19 bits per heavy atom. The zero-order valence-corrected chi connectivity index (χ0v) is 25.6. The maximum absolute atomic E-state index is 6.43. The lowest BCUT2D eigenvalue weighted by Crippen LogP contribution is -2.34. The van der Waals surface area contributed by atoms with Gasteiger partial charge in [0.2, 0.25) is 0 Å². The standard InChI is InChI=1S/C42H26N4O2/c1-2-10-25(11-3-1)40-44-41(46-42(45-40)32-16-9-19-36-39(32)31-14-6-7-17-34(31)47-36)30-13-5-4-12-28(30)29-15-8-18-35-38(29)33-22-27-24-43-21-20-26(27)23-37(33)48-35/h1-24,42H,(H,44,45,46). The second-order valence-corrected chi connectivity index (χ2v) is 12.0. The molecular weight excluding hydrogens is 592 g/mol. The Kier molecular flexibility index (Phi) is 5.84. The molecule has 0 saturated carbocycles. The van der Waals surface area contributed by atoms with Gasteiger partial charge in [-0.2, -0.15) is 0 Å². The summed E-state index contributed by atoms with van der Waals surface area (Å²) < 4.78 is 12.7. The summed E-state index contributed by atoms with van der Waals surface area (Å²) in [7, 11) is 0. The van der Waals surface area contributed by atoms with E-state index in [0.717, 1.165) is 88.3 Å². The van der Waals surface area contributed by atoms with Crippen LogP contribution in [0.4, 0.5) is 0 Å². The third-order valence-corrected chi connectivity index (χ3v) is 9.23. The van der Waals surface area contributed by atoms with E-state index < -0.39 is 6.17 Å². The number of nitrogens with one attached hydrogen (secondary N) is 1. The molecule has 3 aromatic heterocycles. The molecule has 1 N–H and O–H groups in total. The SMILES string of the molecule is c1ccc(C2=NC(c3cccc4oc5ccccc5c34)NC(c3ccccc3-c3cccc4oc5cc6ccncc6cc5c34)=N2)cc1. The van der Waals surface area contributed by atoms with E-state index in [4.69, 9.17) is 18.8 Å². The van der Waals surface area contributed by atoms with Gasteiger partial charge < -0.3 is 14.2 Å². The van der Waals surface area contributed by atoms with Crippen molar-refractivity contribution < 1.29 is 8.83 Å². The van der Waals surface area contributed by atoms with Gasteiger partial charge in [0.25, 0.3) is 0 Å². The van der Waals surface area contributed by atoms with Crippen LogP contribution in [-0.4, -0.2) is 16.7 Å². The highest BCUT2D eigenvalue weighted by atomic mass is 16.3. The van der Waals surface area contributed by atoms with Crippen molar-refractivity contribution in [3.05, 3.63) is 163 Å². The molecule has 0 radical (unpaired) electrons. The van der Waals surface area contributed by atoms with E-state index in [-0.39, 0.29) is 0 Å². The van der Waals surface area contributed by atoms with Crippen LogP contribution in [-0.2, 0) is 0 Å². The molecule has 0 saturated heterocycles. The molecule has 226 valence electrons. The van der Waals surface area contributed by atoms with Crippen molar-refractivity contribution >= 4 is 66.3 Å². The summed E-state index contributed by atoms with van der Waals surface area (Å²) >= 11 is 0. The van der Waals surface area contributed by atoms with Crippen LogP contribution in [0.15, 0.2) is 165 Å². The summed E-state index contributed by atoms with van der Waals surface area (Å²) in [4.78, 5) is 14.8. The lowest BCUT2D eigenvalue weighted by atomic mass is 9.94. The first-order chi connectivity index (χ1) is 23.8. The zero-order valence-electron chi connectivity index (χ0n) is 25.6. The van der Waals surface area contributed by atoms with Gasteiger partial charge >= 0.3 is 0 Å². The largest absolute Gasteiger partial charge is 0.456 e. The molecule has 6 nitrogen and oxygen atoms in total. The molecule has 0 aliphatic carbocycles. The van der Waals surface area contributed by atoms with E-state index in [0.29, 0.717) is 5.84 Å². The number of aromatic nitrogens is 1. The number of aliphatic imine (C=N–C) groups is 2. The molecule has 1 aliphatic rings. The molecule has 9 aromatic rings. The highest BCUT2D eigenvalue weighted by Crippen LogP contribution is 2.40. The highest BCUT2D eigenvalue weighted by Gasteiger charge is 2.26. The van der Waals surface area contributed by atoms with Crippen molar-refractivity contribution in [1.82, 2.24) is 10.3 Å². The van der Waals surface area contributed by atoms with Gasteiger partial charge in [-0.25, -0.2) is 9.98 Å². The molecular formula is C42H26N4O2. The van der Waals surface area contributed by atoms with Gasteiger partial charge in [-0.1, -0.05) is 97.1 Å². The van der Waals surface area contributed by atoms with Crippen LogP contribution in [0.3, 0.4) is 0 Å². The predicted octanol–water partition coefficient (Wildman–Crippen LogP) is 10.2. The van der Waals surface area contributed by atoms with Crippen LogP contribution in [0.5, 0.6) is 0 Å². The number of para-hydroxylation sites is 1. The Morgan fingerprint density at radius 1 is 0.542 bits per heavy atom. The minimum atomic E-state index is -0.408. The fourth-order valence-electron chi connectivity index (χ4n) is 7.05. The average Bonchev–Trinajstić information content (AvgIpc) is 3.72. The number of hydrogen-bond acceptors (Lipinski definition) is 6. The van der Waals surface area contributed by atoms with Crippen molar-refractivity contribution in [3.63, 3.8) is 0 Å². The minimum Gasteiger partial charge on any atom is -0.456 e. The topological polar surface area (TPSA) is 75.9 Å². The number of furan rings is 2. The smallest absolute Gasteiger partial charge is 0.159 e. The summed E-state index contributed by atoms with van der Waals surface area (Å²) in [6.45, 7) is 0. The molecule has 1 unspecified atom stereocenters. The number of hydrogen-bond donors (Lipinski definition) is 1. The minimum absolute atomic E-state index is 0.408. The number of nitrogens with zero attached hydrogens (tertiary/aromatic N) is 3. The number of rotatable bonds is 4. The van der Waals surface area contributed by atoms with Crippen molar-refractivity contribution in [1.29, 1.82) is 0 Å². The van der Waals surface area contributed by atoms with Crippen molar-refractivity contribution in [3.8, 4) is 11.1 Å². The van der Waals surface area contributed by atoms with Gasteiger partial charge in [-0.3, -0.25) is 4.98 Å². The normalized spacial score (nSPS) is 14.9. The van der Waals surface area contributed by atoms with Crippen LogP contribution in [0.1, 0.15) is 22.9 Å². The maximum Gasteiger partial charge on any atom is 0.159 e. The first kappa shape index (κ1) is 26.7. The lowest BCUT2D eigenvalue weighted by Gasteiger charge is -2.25. The Bertz CT molecular complexity index is 2770. The average molecular weight is 619 g/mol. The molecule has 0 amide bonds. The molecule has 1 atom stereocenters. The van der Waals surface area contributed by atoms with E-state index in [2.05, 4.69) is 83.1 Å². The van der Waals surface area contributed by atoms with Crippen LogP contribution in [0.25, 0.3) is 65.8 Å². The van der Waals surface area contributed by atoms with Gasteiger partial charge in [0.15, 0.2) is 5.84 Å². The summed E-state index contributed by atoms with van der Waals surface area (Å²) in [5.74, 6) is 1.41. The third-order valence-electron chi connectivity index (χ3n) is 9.23. The maximum atomic E-state index is 6.43. The summed E-state index contributed by atoms with van der Waals surface area (Å²) in [5.41, 5.74) is 8.43. The fraction of sp³-hybridized carbons (Fsp3) is 0.0238. The third kappa shape index (κ3) is 4.16. The number of pyridine rings is 1. The first-order valence-electron chi connectivity index (χ1n) is 16.0. The molecule has 48 heavy (non-hydrogen) atoms. The summed E-state index contributed by atoms with van der Waals surface area (Å²) in [6.07, 6.45) is 3.31. The van der Waals surface area contributed by atoms with Crippen molar-refractivity contribution in [2.75, 3.05) is 0 Å².